The number of hydrogen-bond donors (Lipinski definition) is 3. The molecular formula is C24H24ClF2N3O3. The Kier molecular flexibility index (Phi) is 8.90. The fourth-order valence-electron chi connectivity index (χ4n) is 3.24. The Morgan fingerprint density at radius 2 is 1.67 bits per heavy atom. The van der Waals surface area contributed by atoms with Gasteiger partial charge in [0, 0.05) is 24.8 Å². The van der Waals surface area contributed by atoms with Crippen LogP contribution in [0.15, 0.2) is 60.7 Å². The smallest absolute Gasteiger partial charge is 0.254 e. The third kappa shape index (κ3) is 5.85. The highest BCUT2D eigenvalue weighted by atomic mass is 35.5. The predicted molar refractivity (Wildman–Crippen MR) is 125 cm³/mol. The summed E-state index contributed by atoms with van der Waals surface area (Å²) in [7, 11) is 2.73. The maximum atomic E-state index is 15.3. The topological polar surface area (TPSA) is 97.4 Å². The van der Waals surface area contributed by atoms with Gasteiger partial charge in [-0.3, -0.25) is 10.2 Å². The second-order valence-corrected chi connectivity index (χ2v) is 7.00. The van der Waals surface area contributed by atoms with Gasteiger partial charge in [-0.2, -0.15) is 0 Å². The zero-order valence-corrected chi connectivity index (χ0v) is 18.8. The lowest BCUT2D eigenvalue weighted by atomic mass is 9.98. The van der Waals surface area contributed by atoms with Crippen LogP contribution >= 0.6 is 12.4 Å². The van der Waals surface area contributed by atoms with E-state index in [1.807, 2.05) is 0 Å². The van der Waals surface area contributed by atoms with Crippen molar-refractivity contribution in [1.82, 2.24) is 5.32 Å². The summed E-state index contributed by atoms with van der Waals surface area (Å²) in [6, 6.07) is 15.7. The van der Waals surface area contributed by atoms with Crippen molar-refractivity contribution in [2.24, 2.45) is 5.73 Å². The lowest BCUT2D eigenvalue weighted by Gasteiger charge is -2.19. The van der Waals surface area contributed by atoms with Crippen LogP contribution in [0.25, 0.3) is 11.1 Å². The zero-order chi connectivity index (χ0) is 23.3. The molecule has 174 valence electrons. The predicted octanol–water partition coefficient (Wildman–Crippen LogP) is 4.35. The third-order valence-electron chi connectivity index (χ3n) is 5.00. The molecule has 4 N–H and O–H groups in total. The second-order valence-electron chi connectivity index (χ2n) is 7.00. The molecule has 33 heavy (non-hydrogen) atoms. The van der Waals surface area contributed by atoms with Crippen molar-refractivity contribution in [3.05, 3.63) is 89.0 Å². The van der Waals surface area contributed by atoms with Crippen LogP contribution in [0.4, 0.5) is 8.78 Å². The molecule has 3 rings (SSSR count). The number of carbonyl (C=O) groups is 1. The first-order chi connectivity index (χ1) is 15.3. The minimum Gasteiger partial charge on any atom is -0.497 e. The maximum Gasteiger partial charge on any atom is 0.254 e. The number of hydrogen-bond acceptors (Lipinski definition) is 4. The molecule has 0 heterocycles. The quantitative estimate of drug-likeness (QED) is 0.333. The number of halogens is 3. The molecule has 3 aromatic carbocycles. The molecule has 0 saturated heterocycles. The van der Waals surface area contributed by atoms with Crippen molar-refractivity contribution in [2.75, 3.05) is 14.2 Å². The molecule has 9 heteroatoms. The van der Waals surface area contributed by atoms with E-state index in [9.17, 15) is 9.18 Å². The highest BCUT2D eigenvalue weighted by Gasteiger charge is 2.28. The lowest BCUT2D eigenvalue weighted by Crippen LogP contribution is -2.31. The number of methoxy groups -OCH3 is 2. The van der Waals surface area contributed by atoms with E-state index in [0.29, 0.717) is 16.9 Å². The minimum atomic E-state index is -1.48. The maximum absolute atomic E-state index is 15.3. The van der Waals surface area contributed by atoms with E-state index in [4.69, 9.17) is 20.6 Å². The second kappa shape index (κ2) is 11.4. The Morgan fingerprint density at radius 1 is 1.03 bits per heavy atom. The number of carbonyl (C=O) groups excluding carboxylic acids is 1. The number of nitrogens with one attached hydrogen (secondary N) is 2. The molecule has 0 radical (unpaired) electrons. The van der Waals surface area contributed by atoms with Crippen LogP contribution in [-0.2, 0) is 16.1 Å². The Balaban J connectivity index is 0.00000385. The van der Waals surface area contributed by atoms with Crippen molar-refractivity contribution in [1.29, 1.82) is 5.41 Å². The van der Waals surface area contributed by atoms with Gasteiger partial charge in [0.15, 0.2) is 6.10 Å². The first-order valence-corrected chi connectivity index (χ1v) is 9.71. The molecule has 0 saturated carbocycles. The number of nitrogen functional groups attached to an aromatic ring is 1. The average molecular weight is 476 g/mol. The first kappa shape index (κ1) is 25.8. The van der Waals surface area contributed by atoms with Gasteiger partial charge < -0.3 is 20.5 Å². The molecule has 0 aliphatic heterocycles. The zero-order valence-electron chi connectivity index (χ0n) is 18.0. The van der Waals surface area contributed by atoms with Crippen LogP contribution < -0.4 is 15.8 Å². The van der Waals surface area contributed by atoms with Crippen LogP contribution in [0.5, 0.6) is 5.75 Å². The summed E-state index contributed by atoms with van der Waals surface area (Å²) in [4.78, 5) is 12.7. The normalized spacial score (nSPS) is 11.3. The standard InChI is InChI=1S/C24H23F2N3O3.ClH/c1-31-17-9-7-15(8-10-17)18-11-12-19(25)20(21(18)26)22(32-2)24(30)29-13-14-3-5-16(6-4-14)23(27)28;/h3-12,22H,13H2,1-2H3,(H3,27,28)(H,29,30);1H/t22-;/m0./s1. The SMILES string of the molecule is COc1ccc(-c2ccc(F)c([C@H](OC)C(=O)NCc3ccc(C(=N)N)cc3)c2F)cc1.Cl. The van der Waals surface area contributed by atoms with Gasteiger partial charge in [-0.1, -0.05) is 36.4 Å². The van der Waals surface area contributed by atoms with Crippen molar-refractivity contribution in [3.8, 4) is 16.9 Å². The first-order valence-electron chi connectivity index (χ1n) is 9.71. The molecule has 3 aromatic rings. The van der Waals surface area contributed by atoms with Gasteiger partial charge >= 0.3 is 0 Å². The Hall–Kier alpha value is -3.49. The fraction of sp³-hybridized carbons (Fsp3) is 0.167. The van der Waals surface area contributed by atoms with E-state index < -0.39 is 29.2 Å². The van der Waals surface area contributed by atoms with Crippen molar-refractivity contribution in [2.45, 2.75) is 12.6 Å². The van der Waals surface area contributed by atoms with Crippen LogP contribution in [0.1, 0.15) is 22.8 Å². The molecule has 0 aliphatic rings. The number of ether oxygens (including phenoxy) is 2. The van der Waals surface area contributed by atoms with Gasteiger partial charge in [-0.25, -0.2) is 8.78 Å². The van der Waals surface area contributed by atoms with Crippen LogP contribution in [-0.4, -0.2) is 26.0 Å². The van der Waals surface area contributed by atoms with Crippen molar-refractivity contribution in [3.63, 3.8) is 0 Å². The van der Waals surface area contributed by atoms with Gasteiger partial charge in [0.2, 0.25) is 0 Å². The van der Waals surface area contributed by atoms with Gasteiger partial charge in [0.1, 0.15) is 23.2 Å². The molecule has 0 fully saturated rings. The summed E-state index contributed by atoms with van der Waals surface area (Å²) in [6.45, 7) is 0.109. The van der Waals surface area contributed by atoms with E-state index >= 15 is 4.39 Å². The monoisotopic (exact) mass is 475 g/mol. The van der Waals surface area contributed by atoms with Gasteiger partial charge in [-0.15, -0.1) is 12.4 Å². The molecule has 0 aliphatic carbocycles. The largest absolute Gasteiger partial charge is 0.497 e. The summed E-state index contributed by atoms with van der Waals surface area (Å²) in [5.74, 6) is -1.91. The summed E-state index contributed by atoms with van der Waals surface area (Å²) in [5, 5.41) is 10.0. The third-order valence-corrected chi connectivity index (χ3v) is 5.00. The Labute approximate surface area is 196 Å². The molecule has 0 unspecified atom stereocenters. The summed E-state index contributed by atoms with van der Waals surface area (Å²) in [6.07, 6.45) is -1.48. The van der Waals surface area contributed by atoms with E-state index in [1.54, 1.807) is 48.5 Å². The fourth-order valence-corrected chi connectivity index (χ4v) is 3.24. The molecule has 1 amide bonds. The summed E-state index contributed by atoms with van der Waals surface area (Å²) < 4.78 is 40.2. The van der Waals surface area contributed by atoms with Crippen LogP contribution in [0, 0.1) is 17.0 Å². The Bertz CT molecular complexity index is 1120. The van der Waals surface area contributed by atoms with E-state index in [2.05, 4.69) is 5.32 Å². The number of rotatable bonds is 8. The van der Waals surface area contributed by atoms with Crippen LogP contribution in [0.2, 0.25) is 0 Å². The molecule has 0 spiro atoms. The molecule has 1 atom stereocenters. The van der Waals surface area contributed by atoms with Gasteiger partial charge in [0.25, 0.3) is 5.91 Å². The minimum absolute atomic E-state index is 0. The highest BCUT2D eigenvalue weighted by molar-refractivity contribution is 5.94. The van der Waals surface area contributed by atoms with E-state index in [0.717, 1.165) is 11.6 Å². The molecule has 0 aromatic heterocycles. The van der Waals surface area contributed by atoms with E-state index in [-0.39, 0.29) is 30.4 Å². The average Bonchev–Trinajstić information content (AvgIpc) is 2.80. The number of amides is 1. The van der Waals surface area contributed by atoms with Gasteiger partial charge in [-0.05, 0) is 35.4 Å². The molecule has 6 nitrogen and oxygen atoms in total. The van der Waals surface area contributed by atoms with E-state index in [1.165, 1.54) is 20.3 Å². The summed E-state index contributed by atoms with van der Waals surface area (Å²) >= 11 is 0. The van der Waals surface area contributed by atoms with Crippen LogP contribution in [0.3, 0.4) is 0 Å². The highest BCUT2D eigenvalue weighted by Crippen LogP contribution is 2.32. The van der Waals surface area contributed by atoms with Crippen molar-refractivity contribution >= 4 is 24.1 Å². The van der Waals surface area contributed by atoms with Gasteiger partial charge in [0.05, 0.1) is 12.7 Å². The number of nitrogens with two attached hydrogens (primary N) is 1. The number of amidine groups is 1. The Morgan fingerprint density at radius 3 is 2.21 bits per heavy atom. The molecular weight excluding hydrogens is 452 g/mol. The molecule has 0 bridgehead atoms. The van der Waals surface area contributed by atoms with Crippen molar-refractivity contribution < 1.29 is 23.0 Å². The summed E-state index contributed by atoms with van der Waals surface area (Å²) in [5.41, 5.74) is 6.88. The lowest BCUT2D eigenvalue weighted by molar-refractivity contribution is -0.131. The number of benzene rings is 3.